The maximum Gasteiger partial charge on any atom is 0.234 e. The maximum absolute atomic E-state index is 10.7. The second-order valence-electron chi connectivity index (χ2n) is 2.63. The molecule has 4 nitrogen and oxygen atoms in total. The molecule has 0 aliphatic rings. The highest BCUT2D eigenvalue weighted by Crippen LogP contribution is 2.00. The molecule has 64 valence electrons. The molecule has 11 heavy (non-hydrogen) atoms. The molecule has 1 atom stereocenters. The van der Waals surface area contributed by atoms with E-state index in [0.29, 0.717) is 12.8 Å². The average Bonchev–Trinajstić information content (AvgIpc) is 1.87. The van der Waals surface area contributed by atoms with Crippen LogP contribution in [-0.4, -0.2) is 37.2 Å². The van der Waals surface area contributed by atoms with Crippen LogP contribution in [0.3, 0.4) is 0 Å². The lowest BCUT2D eigenvalue weighted by atomic mass is 10.1. The number of primary amides is 1. The quantitative estimate of drug-likeness (QED) is 0.542. The Labute approximate surface area is 66.4 Å². The largest absolute Gasteiger partial charge is 0.368 e. The molecule has 4 heteroatoms. The van der Waals surface area contributed by atoms with Crippen molar-refractivity contribution >= 4 is 12.2 Å². The Morgan fingerprint density at radius 3 is 2.45 bits per heavy atom. The summed E-state index contributed by atoms with van der Waals surface area (Å²) in [6.45, 7) is 0. The van der Waals surface area contributed by atoms with Crippen molar-refractivity contribution in [3.63, 3.8) is 0 Å². The molecular weight excluding hydrogens is 144 g/mol. The fourth-order valence-corrected chi connectivity index (χ4v) is 0.881. The van der Waals surface area contributed by atoms with Crippen LogP contribution < -0.4 is 5.73 Å². The van der Waals surface area contributed by atoms with Gasteiger partial charge in [0.1, 0.15) is 6.29 Å². The number of carbonyl (C=O) groups excluding carboxylic acids is 2. The SMILES string of the molecule is CN(C)C(CCC=O)C(N)=O. The summed E-state index contributed by atoms with van der Waals surface area (Å²) in [4.78, 5) is 22.4. The van der Waals surface area contributed by atoms with Crippen molar-refractivity contribution in [1.82, 2.24) is 4.90 Å². The molecule has 1 amide bonds. The first-order valence-electron chi connectivity index (χ1n) is 3.49. The lowest BCUT2D eigenvalue weighted by Crippen LogP contribution is -2.40. The predicted molar refractivity (Wildman–Crippen MR) is 42.0 cm³/mol. The van der Waals surface area contributed by atoms with Crippen LogP contribution in [0.1, 0.15) is 12.8 Å². The summed E-state index contributed by atoms with van der Waals surface area (Å²) in [5.41, 5.74) is 5.08. The van der Waals surface area contributed by atoms with Crippen LogP contribution in [0.25, 0.3) is 0 Å². The summed E-state index contributed by atoms with van der Waals surface area (Å²) in [5.74, 6) is -0.378. The third-order valence-corrected chi connectivity index (χ3v) is 1.51. The molecule has 0 radical (unpaired) electrons. The van der Waals surface area contributed by atoms with E-state index in [4.69, 9.17) is 5.73 Å². The van der Waals surface area contributed by atoms with Gasteiger partial charge in [0, 0.05) is 6.42 Å². The molecule has 0 aliphatic carbocycles. The lowest BCUT2D eigenvalue weighted by Gasteiger charge is -2.19. The van der Waals surface area contributed by atoms with Crippen LogP contribution in [0.5, 0.6) is 0 Å². The fraction of sp³-hybridized carbons (Fsp3) is 0.714. The third-order valence-electron chi connectivity index (χ3n) is 1.51. The number of nitrogens with two attached hydrogens (primary N) is 1. The number of aldehydes is 1. The number of rotatable bonds is 5. The van der Waals surface area contributed by atoms with E-state index in [1.54, 1.807) is 19.0 Å². The Balaban J connectivity index is 3.89. The molecule has 0 bridgehead atoms. The Hall–Kier alpha value is -0.900. The van der Waals surface area contributed by atoms with Gasteiger partial charge in [-0.15, -0.1) is 0 Å². The molecule has 0 saturated heterocycles. The van der Waals surface area contributed by atoms with Crippen molar-refractivity contribution in [3.05, 3.63) is 0 Å². The lowest BCUT2D eigenvalue weighted by molar-refractivity contribution is -0.122. The zero-order valence-corrected chi connectivity index (χ0v) is 6.91. The Morgan fingerprint density at radius 1 is 1.64 bits per heavy atom. The first-order chi connectivity index (χ1) is 5.09. The van der Waals surface area contributed by atoms with Crippen molar-refractivity contribution in [1.29, 1.82) is 0 Å². The van der Waals surface area contributed by atoms with E-state index in [1.165, 1.54) is 0 Å². The molecule has 0 spiro atoms. The van der Waals surface area contributed by atoms with Gasteiger partial charge in [0.05, 0.1) is 6.04 Å². The van der Waals surface area contributed by atoms with Gasteiger partial charge in [-0.3, -0.25) is 9.69 Å². The van der Waals surface area contributed by atoms with Gasteiger partial charge in [0.2, 0.25) is 5.91 Å². The molecule has 0 aromatic carbocycles. The highest BCUT2D eigenvalue weighted by Gasteiger charge is 2.16. The van der Waals surface area contributed by atoms with Crippen molar-refractivity contribution in [2.75, 3.05) is 14.1 Å². The van der Waals surface area contributed by atoms with Crippen LogP contribution in [0, 0.1) is 0 Å². The molecule has 0 aliphatic heterocycles. The van der Waals surface area contributed by atoms with Crippen molar-refractivity contribution in [3.8, 4) is 0 Å². The summed E-state index contributed by atoms with van der Waals surface area (Å²) < 4.78 is 0. The van der Waals surface area contributed by atoms with E-state index >= 15 is 0 Å². The first kappa shape index (κ1) is 10.1. The topological polar surface area (TPSA) is 63.4 Å². The van der Waals surface area contributed by atoms with Gasteiger partial charge < -0.3 is 10.5 Å². The number of hydrogen-bond acceptors (Lipinski definition) is 3. The van der Waals surface area contributed by atoms with Crippen LogP contribution in [0.4, 0.5) is 0 Å². The maximum atomic E-state index is 10.7. The Bertz CT molecular complexity index is 145. The normalized spacial score (nSPS) is 13.0. The van der Waals surface area contributed by atoms with Crippen LogP contribution >= 0.6 is 0 Å². The van der Waals surface area contributed by atoms with Gasteiger partial charge in [-0.2, -0.15) is 0 Å². The first-order valence-corrected chi connectivity index (χ1v) is 3.49. The number of hydrogen-bond donors (Lipinski definition) is 1. The van der Waals surface area contributed by atoms with Gasteiger partial charge in [0.15, 0.2) is 0 Å². The minimum atomic E-state index is -0.378. The monoisotopic (exact) mass is 158 g/mol. The number of amides is 1. The Morgan fingerprint density at radius 2 is 2.18 bits per heavy atom. The second kappa shape index (κ2) is 4.85. The predicted octanol–water partition coefficient (Wildman–Crippen LogP) is -0.619. The third kappa shape index (κ3) is 3.72. The summed E-state index contributed by atoms with van der Waals surface area (Å²) in [6.07, 6.45) is 1.68. The van der Waals surface area contributed by atoms with E-state index in [0.717, 1.165) is 6.29 Å². The number of nitrogens with zero attached hydrogens (tertiary/aromatic N) is 1. The van der Waals surface area contributed by atoms with E-state index in [1.807, 2.05) is 0 Å². The minimum Gasteiger partial charge on any atom is -0.368 e. The van der Waals surface area contributed by atoms with Crippen LogP contribution in [-0.2, 0) is 9.59 Å². The van der Waals surface area contributed by atoms with Gasteiger partial charge in [-0.1, -0.05) is 0 Å². The van der Waals surface area contributed by atoms with Gasteiger partial charge in [-0.05, 0) is 20.5 Å². The standard InChI is InChI=1S/C7H14N2O2/c1-9(2)6(7(8)11)4-3-5-10/h5-6H,3-4H2,1-2H3,(H2,8,11). The molecule has 0 saturated carbocycles. The van der Waals surface area contributed by atoms with Crippen molar-refractivity contribution < 1.29 is 9.59 Å². The number of likely N-dealkylation sites (N-methyl/N-ethyl adjacent to an activating group) is 1. The molecular formula is C7H14N2O2. The van der Waals surface area contributed by atoms with Gasteiger partial charge in [-0.25, -0.2) is 0 Å². The highest BCUT2D eigenvalue weighted by molar-refractivity contribution is 5.80. The van der Waals surface area contributed by atoms with Gasteiger partial charge in [0.25, 0.3) is 0 Å². The molecule has 0 heterocycles. The van der Waals surface area contributed by atoms with E-state index in [2.05, 4.69) is 0 Å². The molecule has 0 aromatic heterocycles. The summed E-state index contributed by atoms with van der Waals surface area (Å²) in [7, 11) is 3.53. The second-order valence-corrected chi connectivity index (χ2v) is 2.63. The number of carbonyl (C=O) groups is 2. The van der Waals surface area contributed by atoms with Crippen LogP contribution in [0.2, 0.25) is 0 Å². The summed E-state index contributed by atoms with van der Waals surface area (Å²) >= 11 is 0. The summed E-state index contributed by atoms with van der Waals surface area (Å²) in [5, 5.41) is 0. The average molecular weight is 158 g/mol. The zero-order valence-electron chi connectivity index (χ0n) is 6.91. The highest BCUT2D eigenvalue weighted by atomic mass is 16.1. The molecule has 1 unspecified atom stereocenters. The fourth-order valence-electron chi connectivity index (χ4n) is 0.881. The molecule has 0 rings (SSSR count). The summed E-state index contributed by atoms with van der Waals surface area (Å²) in [6, 6.07) is -0.319. The van der Waals surface area contributed by atoms with E-state index in [-0.39, 0.29) is 11.9 Å². The van der Waals surface area contributed by atoms with Gasteiger partial charge >= 0.3 is 0 Å². The van der Waals surface area contributed by atoms with Crippen LogP contribution in [0.15, 0.2) is 0 Å². The Kier molecular flexibility index (Phi) is 4.45. The van der Waals surface area contributed by atoms with Crippen molar-refractivity contribution in [2.24, 2.45) is 5.73 Å². The molecule has 2 N–H and O–H groups in total. The zero-order chi connectivity index (χ0) is 8.85. The van der Waals surface area contributed by atoms with E-state index < -0.39 is 0 Å². The molecule has 0 aromatic rings. The smallest absolute Gasteiger partial charge is 0.234 e. The molecule has 0 fully saturated rings. The van der Waals surface area contributed by atoms with Crippen molar-refractivity contribution in [2.45, 2.75) is 18.9 Å². The minimum absolute atomic E-state index is 0.319. The van der Waals surface area contributed by atoms with E-state index in [9.17, 15) is 9.59 Å².